The molecule has 0 spiro atoms. The van der Waals surface area contributed by atoms with Crippen molar-refractivity contribution in [1.29, 1.82) is 0 Å². The molecule has 3 rings (SSSR count). The molecule has 25 heavy (non-hydrogen) atoms. The van der Waals surface area contributed by atoms with Gasteiger partial charge in [-0.15, -0.1) is 0 Å². The normalized spacial score (nSPS) is 17.0. The van der Waals surface area contributed by atoms with Crippen molar-refractivity contribution in [2.45, 2.75) is 25.9 Å². The molecule has 7 nitrogen and oxygen atoms in total. The summed E-state index contributed by atoms with van der Waals surface area (Å²) in [6, 6.07) is 8.70. The maximum Gasteiger partial charge on any atom is 0.312 e. The second-order valence-electron chi connectivity index (χ2n) is 6.01. The minimum absolute atomic E-state index is 0.0601. The van der Waals surface area contributed by atoms with E-state index in [1.54, 1.807) is 4.90 Å². The maximum atomic E-state index is 12.6. The average Bonchev–Trinajstić information content (AvgIpc) is 2.91. The first kappa shape index (κ1) is 17.2. The lowest BCUT2D eigenvalue weighted by molar-refractivity contribution is -0.384. The number of halogens is 1. The highest BCUT2D eigenvalue weighted by atomic mass is 35.5. The first-order valence-corrected chi connectivity index (χ1v) is 8.22. The van der Waals surface area contributed by atoms with Crippen molar-refractivity contribution in [1.82, 2.24) is 9.88 Å². The molecule has 1 saturated heterocycles. The van der Waals surface area contributed by atoms with E-state index in [9.17, 15) is 14.9 Å². The number of nitrogens with one attached hydrogen (secondary N) is 1. The Bertz CT molecular complexity index is 810. The van der Waals surface area contributed by atoms with Crippen LogP contribution in [0.5, 0.6) is 0 Å². The van der Waals surface area contributed by atoms with Crippen molar-refractivity contribution in [3.8, 4) is 0 Å². The van der Waals surface area contributed by atoms with Crippen molar-refractivity contribution in [2.24, 2.45) is 0 Å². The standard InChI is InChI=1S/C17H17ClN4O3/c1-11-2-4-12(5-3-11)10-21-7-6-14(17(21)23)20-16-15(22(24)25)8-13(18)9-19-16/h2-5,8-9,14H,6-7,10H2,1H3,(H,19,20). The number of likely N-dealkylation sites (tertiary alicyclic amines) is 1. The van der Waals surface area contributed by atoms with Gasteiger partial charge >= 0.3 is 5.69 Å². The summed E-state index contributed by atoms with van der Waals surface area (Å²) in [7, 11) is 0. The molecule has 8 heteroatoms. The summed E-state index contributed by atoms with van der Waals surface area (Å²) >= 11 is 5.76. The van der Waals surface area contributed by atoms with E-state index in [0.717, 1.165) is 11.1 Å². The highest BCUT2D eigenvalue weighted by molar-refractivity contribution is 6.30. The number of pyridine rings is 1. The van der Waals surface area contributed by atoms with Crippen molar-refractivity contribution in [2.75, 3.05) is 11.9 Å². The van der Waals surface area contributed by atoms with Crippen molar-refractivity contribution in [3.63, 3.8) is 0 Å². The number of carbonyl (C=O) groups is 1. The van der Waals surface area contributed by atoms with E-state index in [-0.39, 0.29) is 22.4 Å². The molecule has 0 saturated carbocycles. The fourth-order valence-corrected chi connectivity index (χ4v) is 2.94. The molecule has 1 unspecified atom stereocenters. The Hall–Kier alpha value is -2.67. The van der Waals surface area contributed by atoms with Gasteiger partial charge in [-0.2, -0.15) is 0 Å². The monoisotopic (exact) mass is 360 g/mol. The van der Waals surface area contributed by atoms with E-state index in [1.807, 2.05) is 31.2 Å². The summed E-state index contributed by atoms with van der Waals surface area (Å²) in [5.74, 6) is -0.0310. The number of amides is 1. The summed E-state index contributed by atoms with van der Waals surface area (Å²) in [5, 5.41) is 14.2. The molecule has 1 fully saturated rings. The van der Waals surface area contributed by atoms with Crippen LogP contribution in [0, 0.1) is 17.0 Å². The van der Waals surface area contributed by atoms with Crippen LogP contribution < -0.4 is 5.32 Å². The SMILES string of the molecule is Cc1ccc(CN2CCC(Nc3ncc(Cl)cc3[N+](=O)[O-])C2=O)cc1. The van der Waals surface area contributed by atoms with Crippen LogP contribution in [-0.2, 0) is 11.3 Å². The Kier molecular flexibility index (Phi) is 4.85. The largest absolute Gasteiger partial charge is 0.353 e. The Balaban J connectivity index is 1.70. The van der Waals surface area contributed by atoms with Crippen LogP contribution in [-0.4, -0.2) is 33.3 Å². The molecule has 0 aliphatic carbocycles. The van der Waals surface area contributed by atoms with Crippen LogP contribution in [0.25, 0.3) is 0 Å². The minimum Gasteiger partial charge on any atom is -0.353 e. The summed E-state index contributed by atoms with van der Waals surface area (Å²) in [6.07, 6.45) is 1.88. The predicted molar refractivity (Wildman–Crippen MR) is 94.5 cm³/mol. The van der Waals surface area contributed by atoms with Crippen LogP contribution in [0.4, 0.5) is 11.5 Å². The van der Waals surface area contributed by atoms with E-state index in [2.05, 4.69) is 10.3 Å². The number of benzene rings is 1. The van der Waals surface area contributed by atoms with E-state index in [0.29, 0.717) is 19.5 Å². The van der Waals surface area contributed by atoms with Crippen molar-refractivity contribution < 1.29 is 9.72 Å². The molecule has 130 valence electrons. The zero-order valence-electron chi connectivity index (χ0n) is 13.6. The van der Waals surface area contributed by atoms with Crippen LogP contribution in [0.1, 0.15) is 17.5 Å². The van der Waals surface area contributed by atoms with Gasteiger partial charge in [0.05, 0.1) is 9.95 Å². The predicted octanol–water partition coefficient (Wildman–Crippen LogP) is 3.16. The maximum absolute atomic E-state index is 12.6. The Labute approximate surface area is 149 Å². The number of nitrogens with zero attached hydrogens (tertiary/aromatic N) is 3. The Morgan fingerprint density at radius 1 is 1.40 bits per heavy atom. The third-order valence-electron chi connectivity index (χ3n) is 4.13. The first-order valence-electron chi connectivity index (χ1n) is 7.85. The summed E-state index contributed by atoms with van der Waals surface area (Å²) in [6.45, 7) is 3.12. The topological polar surface area (TPSA) is 88.4 Å². The summed E-state index contributed by atoms with van der Waals surface area (Å²) < 4.78 is 0. The van der Waals surface area contributed by atoms with Gasteiger partial charge in [0.1, 0.15) is 6.04 Å². The highest BCUT2D eigenvalue weighted by Gasteiger charge is 2.33. The molecule has 1 aromatic heterocycles. The molecule has 1 amide bonds. The second-order valence-corrected chi connectivity index (χ2v) is 6.45. The lowest BCUT2D eigenvalue weighted by atomic mass is 10.1. The third kappa shape index (κ3) is 3.88. The molecular formula is C17H17ClN4O3. The second kappa shape index (κ2) is 7.06. The molecule has 2 aromatic rings. The number of carbonyl (C=O) groups excluding carboxylic acids is 1. The highest BCUT2D eigenvalue weighted by Crippen LogP contribution is 2.27. The number of nitro groups is 1. The fraction of sp³-hybridized carbons (Fsp3) is 0.294. The van der Waals surface area contributed by atoms with Gasteiger partial charge in [0, 0.05) is 25.4 Å². The van der Waals surface area contributed by atoms with Gasteiger partial charge in [0.2, 0.25) is 11.7 Å². The lowest BCUT2D eigenvalue weighted by Crippen LogP contribution is -2.33. The third-order valence-corrected chi connectivity index (χ3v) is 4.34. The Morgan fingerprint density at radius 2 is 2.12 bits per heavy atom. The fourth-order valence-electron chi connectivity index (χ4n) is 2.79. The molecular weight excluding hydrogens is 344 g/mol. The minimum atomic E-state index is -0.565. The average molecular weight is 361 g/mol. The zero-order chi connectivity index (χ0) is 18.0. The smallest absolute Gasteiger partial charge is 0.312 e. The molecule has 0 bridgehead atoms. The van der Waals surface area contributed by atoms with E-state index in [1.165, 1.54) is 12.3 Å². The Morgan fingerprint density at radius 3 is 2.80 bits per heavy atom. The summed E-state index contributed by atoms with van der Waals surface area (Å²) in [4.78, 5) is 28.8. The summed E-state index contributed by atoms with van der Waals surface area (Å²) in [5.41, 5.74) is 1.98. The molecule has 2 heterocycles. The van der Waals surface area contributed by atoms with Gasteiger partial charge in [-0.25, -0.2) is 4.98 Å². The number of hydrogen-bond acceptors (Lipinski definition) is 5. The zero-order valence-corrected chi connectivity index (χ0v) is 14.4. The molecule has 1 aliphatic rings. The van der Waals surface area contributed by atoms with Gasteiger partial charge in [0.25, 0.3) is 0 Å². The molecule has 1 atom stereocenters. The van der Waals surface area contributed by atoms with Gasteiger partial charge in [-0.3, -0.25) is 14.9 Å². The van der Waals surface area contributed by atoms with E-state index >= 15 is 0 Å². The van der Waals surface area contributed by atoms with E-state index < -0.39 is 11.0 Å². The van der Waals surface area contributed by atoms with Crippen LogP contribution in [0.3, 0.4) is 0 Å². The number of rotatable bonds is 5. The van der Waals surface area contributed by atoms with Crippen LogP contribution in [0.2, 0.25) is 5.02 Å². The van der Waals surface area contributed by atoms with Gasteiger partial charge in [-0.1, -0.05) is 41.4 Å². The number of hydrogen-bond donors (Lipinski definition) is 1. The van der Waals surface area contributed by atoms with Gasteiger partial charge in [0.15, 0.2) is 0 Å². The molecule has 0 radical (unpaired) electrons. The molecule has 1 N–H and O–H groups in total. The molecule has 1 aromatic carbocycles. The number of aromatic nitrogens is 1. The van der Waals surface area contributed by atoms with Gasteiger partial charge < -0.3 is 10.2 Å². The number of aryl methyl sites for hydroxylation is 1. The quantitative estimate of drug-likeness (QED) is 0.653. The van der Waals surface area contributed by atoms with Crippen molar-refractivity contribution in [3.05, 3.63) is 62.8 Å². The molecule has 1 aliphatic heterocycles. The first-order chi connectivity index (χ1) is 11.9. The number of anilines is 1. The van der Waals surface area contributed by atoms with Crippen molar-refractivity contribution >= 4 is 29.0 Å². The van der Waals surface area contributed by atoms with E-state index in [4.69, 9.17) is 11.6 Å². The lowest BCUT2D eigenvalue weighted by Gasteiger charge is -2.17. The van der Waals surface area contributed by atoms with Crippen LogP contribution in [0.15, 0.2) is 36.5 Å². The van der Waals surface area contributed by atoms with Gasteiger partial charge in [-0.05, 0) is 18.9 Å². The van der Waals surface area contributed by atoms with Crippen LogP contribution >= 0.6 is 11.6 Å².